The maximum absolute atomic E-state index is 9.70. The lowest BCUT2D eigenvalue weighted by Crippen LogP contribution is -2.34. The summed E-state index contributed by atoms with van der Waals surface area (Å²) in [4.78, 5) is 12.6. The van der Waals surface area contributed by atoms with Gasteiger partial charge in [-0.2, -0.15) is 4.98 Å². The number of hydrogen-bond acceptors (Lipinski definition) is 7. The van der Waals surface area contributed by atoms with Gasteiger partial charge in [0.15, 0.2) is 10.9 Å². The average Bonchev–Trinajstić information content (AvgIpc) is 3.47. The number of nitrogens with zero attached hydrogens (tertiary/aromatic N) is 5. The maximum Gasteiger partial charge on any atom is 0.245 e. The van der Waals surface area contributed by atoms with Gasteiger partial charge in [0.25, 0.3) is 0 Å². The minimum atomic E-state index is 0.0712. The fourth-order valence-electron chi connectivity index (χ4n) is 4.11. The second kappa shape index (κ2) is 7.70. The second-order valence-electron chi connectivity index (χ2n) is 7.80. The molecule has 4 heterocycles. The number of benzene rings is 1. The molecule has 1 aliphatic rings. The number of rotatable bonds is 5. The Labute approximate surface area is 179 Å². The molecule has 1 atom stereocenters. The van der Waals surface area contributed by atoms with Crippen LogP contribution in [0.2, 0.25) is 0 Å². The van der Waals surface area contributed by atoms with Crippen LogP contribution in [0.1, 0.15) is 24.0 Å². The summed E-state index contributed by atoms with van der Waals surface area (Å²) in [7, 11) is 0. The highest BCUT2D eigenvalue weighted by molar-refractivity contribution is 7.18. The monoisotopic (exact) mass is 420 g/mol. The van der Waals surface area contributed by atoms with Crippen molar-refractivity contribution in [3.05, 3.63) is 53.9 Å². The predicted octanol–water partition coefficient (Wildman–Crippen LogP) is 4.17. The van der Waals surface area contributed by atoms with E-state index in [1.54, 1.807) is 11.3 Å². The molecule has 3 aromatic heterocycles. The lowest BCUT2D eigenvalue weighted by molar-refractivity contribution is 0.265. The standard InChI is InChI=1S/C22H24N6OS/c1-14-9-15(2)11-16(10-14)19-12-23-22(30-19)25-20-18-6-4-8-28(18)26-21(24-20)27-7-3-5-17(27)13-29/h4,6,8-12,17,29H,3,5,7,13H2,1-2H3,(H,23,24,25,26)/t17-/m0/s1. The largest absolute Gasteiger partial charge is 0.394 e. The van der Waals surface area contributed by atoms with Crippen LogP contribution in [-0.2, 0) is 0 Å². The van der Waals surface area contributed by atoms with Crippen molar-refractivity contribution in [3.63, 3.8) is 0 Å². The highest BCUT2D eigenvalue weighted by Crippen LogP contribution is 2.33. The molecular formula is C22H24N6OS. The third kappa shape index (κ3) is 3.53. The minimum absolute atomic E-state index is 0.0712. The summed E-state index contributed by atoms with van der Waals surface area (Å²) >= 11 is 1.61. The van der Waals surface area contributed by atoms with Gasteiger partial charge in [-0.3, -0.25) is 0 Å². The molecule has 0 radical (unpaired) electrons. The van der Waals surface area contributed by atoms with Gasteiger partial charge < -0.3 is 15.3 Å². The van der Waals surface area contributed by atoms with Gasteiger partial charge in [0.1, 0.15) is 5.52 Å². The van der Waals surface area contributed by atoms with Crippen molar-refractivity contribution in [1.82, 2.24) is 19.6 Å². The van der Waals surface area contributed by atoms with Crippen molar-refractivity contribution in [2.75, 3.05) is 23.4 Å². The van der Waals surface area contributed by atoms with E-state index in [9.17, 15) is 5.11 Å². The molecule has 0 aliphatic carbocycles. The number of aliphatic hydroxyl groups excluding tert-OH is 1. The Morgan fingerprint density at radius 3 is 2.87 bits per heavy atom. The van der Waals surface area contributed by atoms with Crippen molar-refractivity contribution >= 4 is 33.8 Å². The van der Waals surface area contributed by atoms with Gasteiger partial charge in [0, 0.05) is 18.9 Å². The van der Waals surface area contributed by atoms with Crippen molar-refractivity contribution in [1.29, 1.82) is 0 Å². The van der Waals surface area contributed by atoms with Crippen molar-refractivity contribution in [3.8, 4) is 10.4 Å². The molecule has 1 aromatic carbocycles. The molecule has 1 saturated heterocycles. The molecule has 0 spiro atoms. The first-order valence-corrected chi connectivity index (χ1v) is 11.0. The van der Waals surface area contributed by atoms with Gasteiger partial charge in [-0.05, 0) is 44.4 Å². The highest BCUT2D eigenvalue weighted by Gasteiger charge is 2.27. The van der Waals surface area contributed by atoms with Crippen LogP contribution >= 0.6 is 11.3 Å². The summed E-state index contributed by atoms with van der Waals surface area (Å²) in [5.74, 6) is 1.35. The minimum Gasteiger partial charge on any atom is -0.394 e. The summed E-state index contributed by atoms with van der Waals surface area (Å²) in [5.41, 5.74) is 4.55. The normalized spacial score (nSPS) is 16.5. The van der Waals surface area contributed by atoms with Gasteiger partial charge in [-0.1, -0.05) is 40.7 Å². The van der Waals surface area contributed by atoms with Crippen LogP contribution in [0.15, 0.2) is 42.7 Å². The molecule has 7 nitrogen and oxygen atoms in total. The SMILES string of the molecule is Cc1cc(C)cc(-c2cnc(Nc3nc(N4CCC[C@H]4CO)nn4cccc34)s2)c1. The molecule has 5 rings (SSSR count). The first kappa shape index (κ1) is 19.0. The van der Waals surface area contributed by atoms with Crippen LogP contribution in [-0.4, -0.2) is 43.9 Å². The van der Waals surface area contributed by atoms with Gasteiger partial charge in [0.05, 0.1) is 17.5 Å². The summed E-state index contributed by atoms with van der Waals surface area (Å²) in [6.07, 6.45) is 5.81. The highest BCUT2D eigenvalue weighted by atomic mass is 32.1. The third-order valence-corrected chi connectivity index (χ3v) is 6.42. The molecule has 0 saturated carbocycles. The lowest BCUT2D eigenvalue weighted by Gasteiger charge is -2.23. The molecule has 8 heteroatoms. The molecular weight excluding hydrogens is 396 g/mol. The van der Waals surface area contributed by atoms with Gasteiger partial charge in [-0.15, -0.1) is 5.10 Å². The molecule has 1 aliphatic heterocycles. The number of fused-ring (bicyclic) bond motifs is 1. The average molecular weight is 421 g/mol. The van der Waals surface area contributed by atoms with Crippen LogP contribution in [0.25, 0.3) is 16.0 Å². The molecule has 154 valence electrons. The van der Waals surface area contributed by atoms with Crippen LogP contribution in [0.3, 0.4) is 0 Å². The van der Waals surface area contributed by atoms with E-state index in [4.69, 9.17) is 4.98 Å². The zero-order valence-corrected chi connectivity index (χ0v) is 17.9. The van der Waals surface area contributed by atoms with E-state index < -0.39 is 0 Å². The topological polar surface area (TPSA) is 78.6 Å². The fourth-order valence-corrected chi connectivity index (χ4v) is 4.91. The Kier molecular flexibility index (Phi) is 4.88. The number of aromatic nitrogens is 4. The molecule has 2 N–H and O–H groups in total. The third-order valence-electron chi connectivity index (χ3n) is 5.46. The van der Waals surface area contributed by atoms with E-state index in [1.165, 1.54) is 16.7 Å². The Balaban J connectivity index is 1.48. The van der Waals surface area contributed by atoms with Gasteiger partial charge >= 0.3 is 0 Å². The van der Waals surface area contributed by atoms with E-state index in [2.05, 4.69) is 52.3 Å². The number of nitrogens with one attached hydrogen (secondary N) is 1. The molecule has 30 heavy (non-hydrogen) atoms. The maximum atomic E-state index is 9.70. The summed E-state index contributed by atoms with van der Waals surface area (Å²) in [6.45, 7) is 5.19. The van der Waals surface area contributed by atoms with E-state index in [1.807, 2.05) is 29.0 Å². The number of aliphatic hydroxyl groups is 1. The summed E-state index contributed by atoms with van der Waals surface area (Å²) in [5, 5.41) is 18.5. The lowest BCUT2D eigenvalue weighted by atomic mass is 10.1. The quantitative estimate of drug-likeness (QED) is 0.504. The van der Waals surface area contributed by atoms with Crippen molar-refractivity contribution in [2.45, 2.75) is 32.7 Å². The van der Waals surface area contributed by atoms with E-state index in [0.29, 0.717) is 5.95 Å². The summed E-state index contributed by atoms with van der Waals surface area (Å²) < 4.78 is 1.83. The Hall–Kier alpha value is -2.97. The second-order valence-corrected chi connectivity index (χ2v) is 8.83. The fraction of sp³-hybridized carbons (Fsp3) is 0.318. The van der Waals surface area contributed by atoms with Crippen LogP contribution in [0.5, 0.6) is 0 Å². The van der Waals surface area contributed by atoms with E-state index in [-0.39, 0.29) is 12.6 Å². The van der Waals surface area contributed by atoms with Crippen LogP contribution < -0.4 is 10.2 Å². The molecule has 0 unspecified atom stereocenters. The van der Waals surface area contributed by atoms with Crippen LogP contribution in [0, 0.1) is 13.8 Å². The molecule has 4 aromatic rings. The van der Waals surface area contributed by atoms with Crippen LogP contribution in [0.4, 0.5) is 16.9 Å². The molecule has 0 bridgehead atoms. The number of aryl methyl sites for hydroxylation is 2. The Morgan fingerprint density at radius 2 is 2.07 bits per heavy atom. The first-order valence-electron chi connectivity index (χ1n) is 10.1. The van der Waals surface area contributed by atoms with Gasteiger partial charge in [-0.25, -0.2) is 9.50 Å². The van der Waals surface area contributed by atoms with Crippen molar-refractivity contribution < 1.29 is 5.11 Å². The predicted molar refractivity (Wildman–Crippen MR) is 121 cm³/mol. The van der Waals surface area contributed by atoms with E-state index in [0.717, 1.165) is 40.7 Å². The Bertz CT molecular complexity index is 1180. The summed E-state index contributed by atoms with van der Waals surface area (Å²) in [6, 6.07) is 10.5. The number of hydrogen-bond donors (Lipinski definition) is 2. The zero-order valence-electron chi connectivity index (χ0n) is 17.0. The van der Waals surface area contributed by atoms with Gasteiger partial charge in [0.2, 0.25) is 5.95 Å². The number of thiazole rings is 1. The number of anilines is 3. The van der Waals surface area contributed by atoms with Crippen molar-refractivity contribution in [2.24, 2.45) is 0 Å². The smallest absolute Gasteiger partial charge is 0.245 e. The molecule has 0 amide bonds. The Morgan fingerprint density at radius 1 is 1.23 bits per heavy atom. The van der Waals surface area contributed by atoms with E-state index >= 15 is 0 Å². The first-order chi connectivity index (χ1) is 14.6. The molecule has 1 fully saturated rings. The zero-order chi connectivity index (χ0) is 20.7.